The van der Waals surface area contributed by atoms with Crippen molar-refractivity contribution in [1.82, 2.24) is 0 Å². The molecule has 0 aliphatic carbocycles. The summed E-state index contributed by atoms with van der Waals surface area (Å²) in [6.07, 6.45) is 0. The van der Waals surface area contributed by atoms with Gasteiger partial charge in [-0.05, 0) is 36.1 Å². The zero-order chi connectivity index (χ0) is 18.4. The highest BCUT2D eigenvalue weighted by atomic mass is 32.2. The van der Waals surface area contributed by atoms with Gasteiger partial charge in [-0.25, -0.2) is 0 Å². The highest BCUT2D eigenvalue weighted by molar-refractivity contribution is 8.00. The number of fused-ring (bicyclic) bond motifs is 1. The molecule has 0 saturated carbocycles. The van der Waals surface area contributed by atoms with Crippen LogP contribution >= 0.6 is 11.8 Å². The van der Waals surface area contributed by atoms with Gasteiger partial charge in [0.05, 0.1) is 11.5 Å². The Morgan fingerprint density at radius 3 is 2.35 bits per heavy atom. The van der Waals surface area contributed by atoms with Crippen LogP contribution in [0.1, 0.15) is 5.56 Å². The quantitative estimate of drug-likeness (QED) is 0.679. The number of hydrogen-bond acceptors (Lipinski definition) is 3. The van der Waals surface area contributed by atoms with Gasteiger partial charge >= 0.3 is 0 Å². The van der Waals surface area contributed by atoms with Gasteiger partial charge in [-0.2, -0.15) is 0 Å². The SMILES string of the molecule is Cc1cccc(NC(=O)CSCC(=O)Nc2cccc3ccccc23)c1. The zero-order valence-electron chi connectivity index (χ0n) is 14.5. The summed E-state index contributed by atoms with van der Waals surface area (Å²) in [6.45, 7) is 1.97. The normalized spacial score (nSPS) is 10.5. The van der Waals surface area contributed by atoms with E-state index in [1.165, 1.54) is 11.8 Å². The number of carbonyl (C=O) groups is 2. The lowest BCUT2D eigenvalue weighted by Gasteiger charge is -2.09. The number of carbonyl (C=O) groups excluding carboxylic acids is 2. The van der Waals surface area contributed by atoms with Crippen molar-refractivity contribution in [2.24, 2.45) is 0 Å². The van der Waals surface area contributed by atoms with Crippen LogP contribution in [-0.2, 0) is 9.59 Å². The third-order valence-electron chi connectivity index (χ3n) is 3.83. The Labute approximate surface area is 157 Å². The van der Waals surface area contributed by atoms with Crippen LogP contribution in [0.15, 0.2) is 66.7 Å². The smallest absolute Gasteiger partial charge is 0.234 e. The molecule has 3 aromatic rings. The first-order chi connectivity index (χ1) is 12.6. The van der Waals surface area contributed by atoms with E-state index in [1.54, 1.807) is 0 Å². The van der Waals surface area contributed by atoms with E-state index < -0.39 is 0 Å². The standard InChI is InChI=1S/C21H20N2O2S/c1-15-6-4-9-17(12-15)22-20(24)13-26-14-21(25)23-19-11-5-8-16-7-2-3-10-18(16)19/h2-12H,13-14H2,1H3,(H,22,24)(H,23,25). The maximum atomic E-state index is 12.2. The van der Waals surface area contributed by atoms with Crippen LogP contribution in [0.4, 0.5) is 11.4 Å². The molecule has 26 heavy (non-hydrogen) atoms. The lowest BCUT2D eigenvalue weighted by atomic mass is 10.1. The average molecular weight is 364 g/mol. The molecule has 5 heteroatoms. The molecule has 4 nitrogen and oxygen atoms in total. The average Bonchev–Trinajstić information content (AvgIpc) is 2.62. The van der Waals surface area contributed by atoms with E-state index in [1.807, 2.05) is 73.7 Å². The van der Waals surface area contributed by atoms with Crippen molar-refractivity contribution in [1.29, 1.82) is 0 Å². The van der Waals surface area contributed by atoms with E-state index in [4.69, 9.17) is 0 Å². The van der Waals surface area contributed by atoms with Crippen molar-refractivity contribution in [2.45, 2.75) is 6.92 Å². The Balaban J connectivity index is 1.49. The fraction of sp³-hybridized carbons (Fsp3) is 0.143. The zero-order valence-corrected chi connectivity index (χ0v) is 15.3. The van der Waals surface area contributed by atoms with Crippen LogP contribution in [0, 0.1) is 6.92 Å². The molecule has 2 N–H and O–H groups in total. The lowest BCUT2D eigenvalue weighted by Crippen LogP contribution is -2.18. The van der Waals surface area contributed by atoms with E-state index in [-0.39, 0.29) is 23.3 Å². The molecule has 0 aliphatic heterocycles. The highest BCUT2D eigenvalue weighted by Gasteiger charge is 2.08. The lowest BCUT2D eigenvalue weighted by molar-refractivity contribution is -0.114. The van der Waals surface area contributed by atoms with E-state index >= 15 is 0 Å². The number of hydrogen-bond donors (Lipinski definition) is 2. The van der Waals surface area contributed by atoms with Crippen molar-refractivity contribution in [3.63, 3.8) is 0 Å². The molecule has 0 spiro atoms. The number of thioether (sulfide) groups is 1. The summed E-state index contributed by atoms with van der Waals surface area (Å²) in [4.78, 5) is 24.2. The number of anilines is 2. The molecule has 3 rings (SSSR count). The monoisotopic (exact) mass is 364 g/mol. The molecule has 0 unspecified atom stereocenters. The molecule has 0 radical (unpaired) electrons. The molecular formula is C21H20N2O2S. The van der Waals surface area contributed by atoms with Gasteiger partial charge < -0.3 is 10.6 Å². The first-order valence-electron chi connectivity index (χ1n) is 8.34. The first kappa shape index (κ1) is 18.0. The Morgan fingerprint density at radius 2 is 1.54 bits per heavy atom. The predicted octanol–water partition coefficient (Wildman–Crippen LogP) is 4.46. The minimum Gasteiger partial charge on any atom is -0.325 e. The van der Waals surface area contributed by atoms with Crippen LogP contribution in [0.25, 0.3) is 10.8 Å². The second kappa shape index (κ2) is 8.54. The van der Waals surface area contributed by atoms with Crippen molar-refractivity contribution < 1.29 is 9.59 Å². The van der Waals surface area contributed by atoms with E-state index in [0.717, 1.165) is 27.7 Å². The summed E-state index contributed by atoms with van der Waals surface area (Å²) in [5.41, 5.74) is 2.65. The number of amides is 2. The Bertz CT molecular complexity index is 935. The van der Waals surface area contributed by atoms with Gasteiger partial charge in [0, 0.05) is 16.8 Å². The molecular weight excluding hydrogens is 344 g/mol. The van der Waals surface area contributed by atoms with Crippen molar-refractivity contribution in [2.75, 3.05) is 22.1 Å². The third-order valence-corrected chi connectivity index (χ3v) is 4.76. The van der Waals surface area contributed by atoms with E-state index in [0.29, 0.717) is 0 Å². The molecule has 0 fully saturated rings. The number of nitrogens with one attached hydrogen (secondary N) is 2. The molecule has 0 saturated heterocycles. The number of aryl methyl sites for hydroxylation is 1. The Hall–Kier alpha value is -2.79. The Kier molecular flexibility index (Phi) is 5.92. The minimum absolute atomic E-state index is 0.112. The number of rotatable bonds is 6. The second-order valence-corrected chi connectivity index (χ2v) is 6.97. The second-order valence-electron chi connectivity index (χ2n) is 5.99. The summed E-state index contributed by atoms with van der Waals surface area (Å²) < 4.78 is 0. The molecule has 0 aromatic heterocycles. The maximum absolute atomic E-state index is 12.2. The number of benzene rings is 3. The highest BCUT2D eigenvalue weighted by Crippen LogP contribution is 2.23. The van der Waals surface area contributed by atoms with Crippen molar-refractivity contribution >= 4 is 45.7 Å². The molecule has 2 amide bonds. The van der Waals surface area contributed by atoms with Crippen LogP contribution in [0.3, 0.4) is 0 Å². The van der Waals surface area contributed by atoms with Gasteiger partial charge in [0.25, 0.3) is 0 Å². The van der Waals surface area contributed by atoms with Crippen molar-refractivity contribution in [3.8, 4) is 0 Å². The minimum atomic E-state index is -0.116. The van der Waals surface area contributed by atoms with Crippen molar-refractivity contribution in [3.05, 3.63) is 72.3 Å². The van der Waals surface area contributed by atoms with Gasteiger partial charge in [-0.15, -0.1) is 11.8 Å². The molecule has 3 aromatic carbocycles. The molecule has 0 bridgehead atoms. The molecule has 0 aliphatic rings. The fourth-order valence-electron chi connectivity index (χ4n) is 2.68. The van der Waals surface area contributed by atoms with Crippen LogP contribution in [-0.4, -0.2) is 23.3 Å². The molecule has 132 valence electrons. The van der Waals surface area contributed by atoms with E-state index in [2.05, 4.69) is 10.6 Å². The van der Waals surface area contributed by atoms with Gasteiger partial charge in [-0.3, -0.25) is 9.59 Å². The molecule has 0 heterocycles. The van der Waals surface area contributed by atoms with Gasteiger partial charge in [-0.1, -0.05) is 48.5 Å². The summed E-state index contributed by atoms with van der Waals surface area (Å²) in [5, 5.41) is 7.85. The topological polar surface area (TPSA) is 58.2 Å². The molecule has 0 atom stereocenters. The van der Waals surface area contributed by atoms with Crippen LogP contribution in [0.2, 0.25) is 0 Å². The van der Waals surface area contributed by atoms with Crippen LogP contribution < -0.4 is 10.6 Å². The van der Waals surface area contributed by atoms with E-state index in [9.17, 15) is 9.59 Å². The summed E-state index contributed by atoms with van der Waals surface area (Å²) in [7, 11) is 0. The van der Waals surface area contributed by atoms with Crippen LogP contribution in [0.5, 0.6) is 0 Å². The van der Waals surface area contributed by atoms with Gasteiger partial charge in [0.2, 0.25) is 11.8 Å². The third kappa shape index (κ3) is 4.86. The van der Waals surface area contributed by atoms with Gasteiger partial charge in [0.1, 0.15) is 0 Å². The Morgan fingerprint density at radius 1 is 0.846 bits per heavy atom. The first-order valence-corrected chi connectivity index (χ1v) is 9.49. The summed E-state index contributed by atoms with van der Waals surface area (Å²) in [5.74, 6) is 0.231. The predicted molar refractivity (Wildman–Crippen MR) is 110 cm³/mol. The fourth-order valence-corrected chi connectivity index (χ4v) is 3.29. The van der Waals surface area contributed by atoms with Gasteiger partial charge in [0.15, 0.2) is 0 Å². The largest absolute Gasteiger partial charge is 0.325 e. The maximum Gasteiger partial charge on any atom is 0.234 e. The summed E-state index contributed by atoms with van der Waals surface area (Å²) >= 11 is 1.29. The summed E-state index contributed by atoms with van der Waals surface area (Å²) in [6, 6.07) is 21.4.